The Morgan fingerprint density at radius 1 is 1.24 bits per heavy atom. The third kappa shape index (κ3) is 3.50. The van der Waals surface area contributed by atoms with Gasteiger partial charge in [0, 0.05) is 15.6 Å². The zero-order chi connectivity index (χ0) is 15.8. The maximum atomic E-state index is 12.2. The van der Waals surface area contributed by atoms with Crippen LogP contribution in [0.15, 0.2) is 16.6 Å². The van der Waals surface area contributed by atoms with Crippen molar-refractivity contribution < 1.29 is 4.79 Å². The molecule has 0 fully saturated rings. The van der Waals surface area contributed by atoms with Crippen LogP contribution in [0.3, 0.4) is 0 Å². The van der Waals surface area contributed by atoms with Crippen molar-refractivity contribution in [3.63, 3.8) is 0 Å². The number of H-pyrrole nitrogens is 1. The van der Waals surface area contributed by atoms with Crippen molar-refractivity contribution in [3.8, 4) is 0 Å². The molecular formula is C15H19BrN4O. The smallest absolute Gasteiger partial charge is 0.295 e. The van der Waals surface area contributed by atoms with Crippen molar-refractivity contribution in [1.29, 1.82) is 0 Å². The second kappa shape index (κ2) is 5.60. The number of hydrogen-bond donors (Lipinski definition) is 2. The van der Waals surface area contributed by atoms with Gasteiger partial charge in [-0.15, -0.1) is 5.10 Å². The monoisotopic (exact) mass is 350 g/mol. The van der Waals surface area contributed by atoms with Crippen LogP contribution in [0, 0.1) is 13.8 Å². The second-order valence-electron chi connectivity index (χ2n) is 6.14. The summed E-state index contributed by atoms with van der Waals surface area (Å²) in [6, 6.07) is 3.82. The van der Waals surface area contributed by atoms with Crippen LogP contribution >= 0.6 is 15.9 Å². The number of aromatic nitrogens is 3. The van der Waals surface area contributed by atoms with Gasteiger partial charge in [0.05, 0.1) is 0 Å². The molecule has 1 aromatic carbocycles. The molecule has 1 aromatic heterocycles. The van der Waals surface area contributed by atoms with E-state index in [0.717, 1.165) is 21.3 Å². The van der Waals surface area contributed by atoms with Crippen molar-refractivity contribution in [3.05, 3.63) is 39.4 Å². The van der Waals surface area contributed by atoms with Crippen LogP contribution < -0.4 is 5.32 Å². The van der Waals surface area contributed by atoms with E-state index in [1.807, 2.05) is 46.8 Å². The molecular weight excluding hydrogens is 332 g/mol. The number of halogens is 1. The highest BCUT2D eigenvalue weighted by Gasteiger charge is 2.21. The summed E-state index contributed by atoms with van der Waals surface area (Å²) in [6.07, 6.45) is 0. The summed E-state index contributed by atoms with van der Waals surface area (Å²) >= 11 is 3.51. The Morgan fingerprint density at radius 2 is 1.81 bits per heavy atom. The first-order valence-corrected chi connectivity index (χ1v) is 7.49. The molecule has 6 heteroatoms. The summed E-state index contributed by atoms with van der Waals surface area (Å²) in [5.41, 5.74) is 2.70. The Bertz CT molecular complexity index is 662. The highest BCUT2D eigenvalue weighted by Crippen LogP contribution is 2.25. The van der Waals surface area contributed by atoms with Gasteiger partial charge in [-0.05, 0) is 37.1 Å². The van der Waals surface area contributed by atoms with Crippen molar-refractivity contribution in [1.82, 2.24) is 15.2 Å². The van der Waals surface area contributed by atoms with Crippen molar-refractivity contribution in [2.45, 2.75) is 40.0 Å². The first-order chi connectivity index (χ1) is 9.68. The molecule has 0 saturated carbocycles. The van der Waals surface area contributed by atoms with E-state index in [0.29, 0.717) is 5.82 Å². The summed E-state index contributed by atoms with van der Waals surface area (Å²) in [7, 11) is 0. The number of benzene rings is 1. The average Bonchev–Trinajstić information content (AvgIpc) is 2.85. The van der Waals surface area contributed by atoms with Crippen LogP contribution in [-0.2, 0) is 5.41 Å². The summed E-state index contributed by atoms with van der Waals surface area (Å²) in [6.45, 7) is 10.00. The van der Waals surface area contributed by atoms with Crippen molar-refractivity contribution in [2.24, 2.45) is 0 Å². The molecule has 2 rings (SSSR count). The fraction of sp³-hybridized carbons (Fsp3) is 0.400. The molecule has 0 bridgehead atoms. The molecule has 112 valence electrons. The first-order valence-electron chi connectivity index (χ1n) is 6.69. The Labute approximate surface area is 132 Å². The number of hydrogen-bond acceptors (Lipinski definition) is 3. The SMILES string of the molecule is Cc1cc(NC(=O)c2n[nH]c(C(C)(C)C)n2)cc(C)c1Br. The maximum Gasteiger partial charge on any atom is 0.295 e. The van der Waals surface area contributed by atoms with E-state index in [2.05, 4.69) is 36.4 Å². The molecule has 0 radical (unpaired) electrons. The van der Waals surface area contributed by atoms with Crippen LogP contribution in [0.4, 0.5) is 5.69 Å². The number of rotatable bonds is 2. The molecule has 0 aliphatic carbocycles. The predicted molar refractivity (Wildman–Crippen MR) is 86.7 cm³/mol. The molecule has 0 spiro atoms. The number of aromatic amines is 1. The Morgan fingerprint density at radius 3 is 2.29 bits per heavy atom. The number of nitrogens with one attached hydrogen (secondary N) is 2. The van der Waals surface area contributed by atoms with E-state index < -0.39 is 0 Å². The molecule has 0 atom stereocenters. The van der Waals surface area contributed by atoms with E-state index in [4.69, 9.17) is 0 Å². The van der Waals surface area contributed by atoms with Crippen LogP contribution in [0.2, 0.25) is 0 Å². The van der Waals surface area contributed by atoms with Gasteiger partial charge in [-0.25, -0.2) is 4.98 Å². The normalized spacial score (nSPS) is 11.5. The molecule has 0 unspecified atom stereocenters. The summed E-state index contributed by atoms with van der Waals surface area (Å²) in [4.78, 5) is 16.4. The number of amides is 1. The largest absolute Gasteiger partial charge is 0.319 e. The van der Waals surface area contributed by atoms with Gasteiger partial charge in [0.1, 0.15) is 5.82 Å². The number of nitrogens with zero attached hydrogens (tertiary/aromatic N) is 2. The second-order valence-corrected chi connectivity index (χ2v) is 6.93. The lowest BCUT2D eigenvalue weighted by atomic mass is 9.96. The lowest BCUT2D eigenvalue weighted by Gasteiger charge is -2.12. The van der Waals surface area contributed by atoms with E-state index in [1.165, 1.54) is 0 Å². The van der Waals surface area contributed by atoms with Gasteiger partial charge in [-0.2, -0.15) is 0 Å². The van der Waals surface area contributed by atoms with Gasteiger partial charge in [0.2, 0.25) is 5.82 Å². The summed E-state index contributed by atoms with van der Waals surface area (Å²) < 4.78 is 1.05. The standard InChI is InChI=1S/C15H19BrN4O/c1-8-6-10(7-9(2)11(8)16)17-13(21)12-18-14(20-19-12)15(3,4)5/h6-7H,1-5H3,(H,17,21)(H,18,19,20). The number of aryl methyl sites for hydroxylation is 2. The third-order valence-corrected chi connectivity index (χ3v) is 4.34. The van der Waals surface area contributed by atoms with Crippen LogP contribution in [-0.4, -0.2) is 21.1 Å². The molecule has 21 heavy (non-hydrogen) atoms. The average molecular weight is 351 g/mol. The van der Waals surface area contributed by atoms with Gasteiger partial charge in [-0.3, -0.25) is 9.89 Å². The first kappa shape index (κ1) is 15.7. The fourth-order valence-corrected chi connectivity index (χ4v) is 2.13. The van der Waals surface area contributed by atoms with Gasteiger partial charge in [-0.1, -0.05) is 36.7 Å². The molecule has 1 heterocycles. The Hall–Kier alpha value is -1.69. The van der Waals surface area contributed by atoms with Crippen LogP contribution in [0.5, 0.6) is 0 Å². The number of carbonyl (C=O) groups excluding carboxylic acids is 1. The van der Waals surface area contributed by atoms with E-state index in [1.54, 1.807) is 0 Å². The molecule has 0 aliphatic rings. The summed E-state index contributed by atoms with van der Waals surface area (Å²) in [5.74, 6) is 0.525. The Kier molecular flexibility index (Phi) is 4.18. The minimum atomic E-state index is -0.317. The predicted octanol–water partition coefficient (Wildman–Crippen LogP) is 3.73. The fourth-order valence-electron chi connectivity index (χ4n) is 1.90. The highest BCUT2D eigenvalue weighted by atomic mass is 79.9. The lowest BCUT2D eigenvalue weighted by Crippen LogP contribution is -2.16. The van der Waals surface area contributed by atoms with Crippen molar-refractivity contribution in [2.75, 3.05) is 5.32 Å². The maximum absolute atomic E-state index is 12.2. The number of anilines is 1. The van der Waals surface area contributed by atoms with Gasteiger partial charge < -0.3 is 5.32 Å². The highest BCUT2D eigenvalue weighted by molar-refractivity contribution is 9.10. The molecule has 0 saturated heterocycles. The molecule has 5 nitrogen and oxygen atoms in total. The minimum Gasteiger partial charge on any atom is -0.319 e. The van der Waals surface area contributed by atoms with E-state index in [-0.39, 0.29) is 17.1 Å². The van der Waals surface area contributed by atoms with E-state index >= 15 is 0 Å². The Balaban J connectivity index is 2.20. The minimum absolute atomic E-state index is 0.151. The zero-order valence-corrected chi connectivity index (χ0v) is 14.4. The molecule has 1 amide bonds. The lowest BCUT2D eigenvalue weighted by molar-refractivity contribution is 0.101. The molecule has 0 aliphatic heterocycles. The van der Waals surface area contributed by atoms with E-state index in [9.17, 15) is 4.79 Å². The zero-order valence-electron chi connectivity index (χ0n) is 12.8. The van der Waals surface area contributed by atoms with Crippen LogP contribution in [0.1, 0.15) is 48.3 Å². The third-order valence-electron chi connectivity index (χ3n) is 3.09. The molecule has 2 aromatic rings. The van der Waals surface area contributed by atoms with Gasteiger partial charge in [0.25, 0.3) is 5.91 Å². The summed E-state index contributed by atoms with van der Waals surface area (Å²) in [5, 5.41) is 9.63. The quantitative estimate of drug-likeness (QED) is 0.866. The number of carbonyl (C=O) groups is 1. The van der Waals surface area contributed by atoms with Gasteiger partial charge >= 0.3 is 0 Å². The topological polar surface area (TPSA) is 70.7 Å². The van der Waals surface area contributed by atoms with Crippen molar-refractivity contribution >= 4 is 27.5 Å². The van der Waals surface area contributed by atoms with Crippen LogP contribution in [0.25, 0.3) is 0 Å². The van der Waals surface area contributed by atoms with Gasteiger partial charge in [0.15, 0.2) is 0 Å². The molecule has 2 N–H and O–H groups in total.